The number of hydrogen-bond donors (Lipinski definition) is 2. The third-order valence-electron chi connectivity index (χ3n) is 3.56. The van der Waals surface area contributed by atoms with Gasteiger partial charge in [-0.2, -0.15) is 0 Å². The van der Waals surface area contributed by atoms with E-state index in [9.17, 15) is 0 Å². The number of benzene rings is 2. The second-order valence-corrected chi connectivity index (χ2v) is 5.85. The lowest BCUT2D eigenvalue weighted by atomic mass is 10.1. The minimum absolute atomic E-state index is 0.0258. The van der Waals surface area contributed by atoms with E-state index in [4.69, 9.17) is 15.9 Å². The first-order valence-corrected chi connectivity index (χ1v) is 7.94. The molecule has 0 aliphatic heterocycles. The van der Waals surface area contributed by atoms with Gasteiger partial charge in [-0.05, 0) is 55.9 Å². The number of hydrogen-bond acceptors (Lipinski definition) is 3. The fraction of sp³-hybridized carbons (Fsp3) is 0.235. The molecule has 2 aromatic rings. The van der Waals surface area contributed by atoms with Crippen molar-refractivity contribution in [3.8, 4) is 11.5 Å². The summed E-state index contributed by atoms with van der Waals surface area (Å²) >= 11 is 1.56. The second kappa shape index (κ2) is 6.22. The molecule has 2 aromatic carbocycles. The summed E-state index contributed by atoms with van der Waals surface area (Å²) in [5.41, 5.74) is 9.76. The Morgan fingerprint density at radius 3 is 2.38 bits per heavy atom. The molecule has 0 aromatic heterocycles. The van der Waals surface area contributed by atoms with Gasteiger partial charge in [-0.15, -0.1) is 11.8 Å². The van der Waals surface area contributed by atoms with Crippen molar-refractivity contribution in [2.24, 2.45) is 5.73 Å². The van der Waals surface area contributed by atoms with Gasteiger partial charge in [0.05, 0.1) is 5.56 Å². The van der Waals surface area contributed by atoms with E-state index in [0.717, 1.165) is 21.8 Å². The zero-order valence-electron chi connectivity index (χ0n) is 12.8. The zero-order chi connectivity index (χ0) is 15.6. The Balaban J connectivity index is 2.55. The molecule has 0 amide bonds. The Morgan fingerprint density at radius 2 is 1.76 bits per heavy atom. The van der Waals surface area contributed by atoms with Crippen LogP contribution in [-0.4, -0.2) is 12.1 Å². The van der Waals surface area contributed by atoms with Crippen molar-refractivity contribution in [1.29, 1.82) is 5.41 Å². The fourth-order valence-electron chi connectivity index (χ4n) is 2.22. The van der Waals surface area contributed by atoms with Crippen LogP contribution in [0, 0.1) is 26.2 Å². The third-order valence-corrected chi connectivity index (χ3v) is 4.34. The second-order valence-electron chi connectivity index (χ2n) is 5.00. The summed E-state index contributed by atoms with van der Waals surface area (Å²) in [5.74, 6) is 1.50. The lowest BCUT2D eigenvalue weighted by Gasteiger charge is -2.17. The van der Waals surface area contributed by atoms with Gasteiger partial charge in [-0.1, -0.05) is 18.2 Å². The quantitative estimate of drug-likeness (QED) is 0.499. The minimum atomic E-state index is 0.0258. The average Bonchev–Trinajstić information content (AvgIpc) is 2.47. The van der Waals surface area contributed by atoms with Crippen LogP contribution in [0.5, 0.6) is 11.5 Å². The number of nitrogens with one attached hydrogen (secondary N) is 1. The van der Waals surface area contributed by atoms with Crippen LogP contribution >= 0.6 is 11.8 Å². The molecular weight excluding hydrogens is 280 g/mol. The lowest BCUT2D eigenvalue weighted by Crippen LogP contribution is -2.14. The predicted molar refractivity (Wildman–Crippen MR) is 90.0 cm³/mol. The number of nitrogens with two attached hydrogens (primary N) is 1. The van der Waals surface area contributed by atoms with Gasteiger partial charge in [-0.3, -0.25) is 5.41 Å². The van der Waals surface area contributed by atoms with Gasteiger partial charge in [0.1, 0.15) is 17.3 Å². The number of aryl methyl sites for hydroxylation is 2. The summed E-state index contributed by atoms with van der Waals surface area (Å²) in [4.78, 5) is 0.947. The topological polar surface area (TPSA) is 59.1 Å². The standard InChI is InChI=1S/C17H20N2OS/c1-10-8-9-11(2)16(12(10)3)20-13-6-5-7-14(21-4)15(13)17(18)19/h5-9H,1-4H3,(H3,18,19). The molecule has 0 aliphatic rings. The van der Waals surface area contributed by atoms with Gasteiger partial charge in [0, 0.05) is 4.90 Å². The molecule has 0 fully saturated rings. The first-order valence-electron chi connectivity index (χ1n) is 6.71. The maximum absolute atomic E-state index is 7.82. The number of ether oxygens (including phenoxy) is 1. The van der Waals surface area contributed by atoms with Crippen molar-refractivity contribution in [3.05, 3.63) is 52.6 Å². The molecule has 0 saturated heterocycles. The predicted octanol–water partition coefficient (Wildman–Crippen LogP) is 4.41. The monoisotopic (exact) mass is 300 g/mol. The molecule has 0 bridgehead atoms. The molecule has 0 unspecified atom stereocenters. The summed E-state index contributed by atoms with van der Waals surface area (Å²) in [5, 5.41) is 7.82. The van der Waals surface area contributed by atoms with Gasteiger partial charge >= 0.3 is 0 Å². The Kier molecular flexibility index (Phi) is 4.58. The fourth-order valence-corrected chi connectivity index (χ4v) is 2.85. The van der Waals surface area contributed by atoms with Crippen molar-refractivity contribution in [1.82, 2.24) is 0 Å². The molecule has 21 heavy (non-hydrogen) atoms. The zero-order valence-corrected chi connectivity index (χ0v) is 13.6. The highest BCUT2D eigenvalue weighted by Crippen LogP contribution is 2.35. The van der Waals surface area contributed by atoms with Crippen LogP contribution in [-0.2, 0) is 0 Å². The highest BCUT2D eigenvalue weighted by atomic mass is 32.2. The number of rotatable bonds is 4. The summed E-state index contributed by atoms with van der Waals surface area (Å²) < 4.78 is 6.12. The maximum Gasteiger partial charge on any atom is 0.139 e. The van der Waals surface area contributed by atoms with E-state index in [0.29, 0.717) is 11.3 Å². The normalized spacial score (nSPS) is 10.5. The molecule has 2 rings (SSSR count). The first kappa shape index (κ1) is 15.4. The van der Waals surface area contributed by atoms with E-state index in [-0.39, 0.29) is 5.84 Å². The van der Waals surface area contributed by atoms with Crippen LogP contribution in [0.1, 0.15) is 22.3 Å². The highest BCUT2D eigenvalue weighted by molar-refractivity contribution is 7.98. The smallest absolute Gasteiger partial charge is 0.139 e. The van der Waals surface area contributed by atoms with Crippen LogP contribution in [0.25, 0.3) is 0 Å². The van der Waals surface area contributed by atoms with Crippen molar-refractivity contribution < 1.29 is 4.74 Å². The first-order chi connectivity index (χ1) is 9.95. The van der Waals surface area contributed by atoms with E-state index in [1.165, 1.54) is 5.56 Å². The van der Waals surface area contributed by atoms with Crippen molar-refractivity contribution in [3.63, 3.8) is 0 Å². The van der Waals surface area contributed by atoms with E-state index < -0.39 is 0 Å². The van der Waals surface area contributed by atoms with Crippen LogP contribution in [0.4, 0.5) is 0 Å². The average molecular weight is 300 g/mol. The molecule has 110 valence electrons. The number of nitrogen functional groups attached to an aromatic ring is 1. The summed E-state index contributed by atoms with van der Waals surface area (Å²) in [6.07, 6.45) is 1.97. The molecule has 4 heteroatoms. The van der Waals surface area contributed by atoms with E-state index in [1.807, 2.05) is 44.4 Å². The summed E-state index contributed by atoms with van der Waals surface area (Å²) in [6, 6.07) is 9.86. The summed E-state index contributed by atoms with van der Waals surface area (Å²) in [7, 11) is 0. The van der Waals surface area contributed by atoms with Gasteiger partial charge < -0.3 is 10.5 Å². The largest absolute Gasteiger partial charge is 0.456 e. The van der Waals surface area contributed by atoms with Crippen LogP contribution in [0.15, 0.2) is 35.2 Å². The molecule has 0 radical (unpaired) electrons. The SMILES string of the molecule is CSc1cccc(Oc2c(C)ccc(C)c2C)c1C(=N)N. The Hall–Kier alpha value is -1.94. The van der Waals surface area contributed by atoms with Crippen molar-refractivity contribution >= 4 is 17.6 Å². The van der Waals surface area contributed by atoms with Crippen molar-refractivity contribution in [2.75, 3.05) is 6.26 Å². The Bertz CT molecular complexity index is 695. The Labute approximate surface area is 130 Å². The highest BCUT2D eigenvalue weighted by Gasteiger charge is 2.15. The molecule has 3 N–H and O–H groups in total. The molecule has 0 spiro atoms. The lowest BCUT2D eigenvalue weighted by molar-refractivity contribution is 0.472. The van der Waals surface area contributed by atoms with Crippen LogP contribution in [0.3, 0.4) is 0 Å². The van der Waals surface area contributed by atoms with E-state index >= 15 is 0 Å². The van der Waals surface area contributed by atoms with Gasteiger partial charge in [0.25, 0.3) is 0 Å². The minimum Gasteiger partial charge on any atom is -0.456 e. The number of thioether (sulfide) groups is 1. The third kappa shape index (κ3) is 3.05. The van der Waals surface area contributed by atoms with Crippen molar-refractivity contribution in [2.45, 2.75) is 25.7 Å². The molecule has 0 aliphatic carbocycles. The molecule has 0 saturated carbocycles. The Morgan fingerprint density at radius 1 is 1.10 bits per heavy atom. The van der Waals surface area contributed by atoms with Gasteiger partial charge in [-0.25, -0.2) is 0 Å². The van der Waals surface area contributed by atoms with E-state index in [2.05, 4.69) is 13.0 Å². The van der Waals surface area contributed by atoms with Gasteiger partial charge in [0.2, 0.25) is 0 Å². The van der Waals surface area contributed by atoms with Gasteiger partial charge in [0.15, 0.2) is 0 Å². The maximum atomic E-state index is 7.82. The number of amidine groups is 1. The molecule has 0 heterocycles. The molecule has 3 nitrogen and oxygen atoms in total. The summed E-state index contributed by atoms with van der Waals surface area (Å²) in [6.45, 7) is 6.13. The van der Waals surface area contributed by atoms with Crippen LogP contribution < -0.4 is 10.5 Å². The molecule has 0 atom stereocenters. The molecular formula is C17H20N2OS. The van der Waals surface area contributed by atoms with E-state index in [1.54, 1.807) is 11.8 Å². The van der Waals surface area contributed by atoms with Crippen LogP contribution in [0.2, 0.25) is 0 Å².